The van der Waals surface area contributed by atoms with Crippen LogP contribution >= 0.6 is 0 Å². The van der Waals surface area contributed by atoms with Gasteiger partial charge in [-0.15, -0.1) is 5.17 Å². The third-order valence-corrected chi connectivity index (χ3v) is 7.12. The summed E-state index contributed by atoms with van der Waals surface area (Å²) in [5.74, 6) is 1.47. The Hall–Kier alpha value is -3.78. The Labute approximate surface area is 210 Å². The van der Waals surface area contributed by atoms with Gasteiger partial charge in [0.15, 0.2) is 5.75 Å². The molecule has 184 valence electrons. The summed E-state index contributed by atoms with van der Waals surface area (Å²) in [6, 6.07) is 14.9. The van der Waals surface area contributed by atoms with Crippen molar-refractivity contribution in [1.82, 2.24) is 25.3 Å². The molecule has 7 nitrogen and oxygen atoms in total. The molecule has 0 atom stereocenters. The SMILES string of the molecule is CCN1CCC(c2cc3c(F)cc(C4=CC=C5N=C(C)CN5N4Oc4ccccc4)cc3nn2)CC1. The Morgan fingerprint density at radius 3 is 2.61 bits per heavy atom. The van der Waals surface area contributed by atoms with E-state index >= 15 is 4.39 Å². The summed E-state index contributed by atoms with van der Waals surface area (Å²) in [5, 5.41) is 13.1. The van der Waals surface area contributed by atoms with Gasteiger partial charge < -0.3 is 9.74 Å². The first-order chi connectivity index (χ1) is 17.6. The van der Waals surface area contributed by atoms with Gasteiger partial charge in [-0.3, -0.25) is 0 Å². The second kappa shape index (κ2) is 9.35. The fourth-order valence-corrected chi connectivity index (χ4v) is 5.11. The van der Waals surface area contributed by atoms with E-state index in [2.05, 4.69) is 27.0 Å². The fraction of sp³-hybridized carbons (Fsp3) is 0.321. The highest BCUT2D eigenvalue weighted by Crippen LogP contribution is 2.35. The zero-order chi connectivity index (χ0) is 24.6. The minimum absolute atomic E-state index is 0.311. The van der Waals surface area contributed by atoms with Crippen LogP contribution in [0.25, 0.3) is 16.6 Å². The lowest BCUT2D eigenvalue weighted by Gasteiger charge is -2.37. The largest absolute Gasteiger partial charge is 0.359 e. The number of benzene rings is 2. The minimum atomic E-state index is -0.311. The molecule has 3 aliphatic rings. The van der Waals surface area contributed by atoms with Crippen LogP contribution in [0.4, 0.5) is 4.39 Å². The van der Waals surface area contributed by atoms with Gasteiger partial charge in [-0.05, 0) is 81.9 Å². The topological polar surface area (TPSA) is 57.1 Å². The average molecular weight is 485 g/mol. The van der Waals surface area contributed by atoms with Gasteiger partial charge in [-0.1, -0.05) is 25.1 Å². The lowest BCUT2D eigenvalue weighted by atomic mass is 9.92. The number of aliphatic imine (C=N–C) groups is 1. The quantitative estimate of drug-likeness (QED) is 0.499. The normalized spacial score (nSPS) is 18.7. The molecule has 36 heavy (non-hydrogen) atoms. The number of rotatable bonds is 5. The first-order valence-corrected chi connectivity index (χ1v) is 12.6. The van der Waals surface area contributed by atoms with Gasteiger partial charge in [0.25, 0.3) is 0 Å². The van der Waals surface area contributed by atoms with Gasteiger partial charge in [0.05, 0.1) is 17.8 Å². The lowest BCUT2D eigenvalue weighted by Crippen LogP contribution is -2.43. The number of allylic oxidation sites excluding steroid dienone is 2. The third-order valence-electron chi connectivity index (χ3n) is 7.12. The molecule has 1 saturated heterocycles. The molecule has 8 heteroatoms. The standard InChI is InChI=1S/C28H29FN6O/c1-3-33-13-11-20(12-14-33)25-17-23-24(29)15-21(16-26(23)32-31-25)27-9-10-28-30-19(2)18-34(28)35(27)36-22-7-5-4-6-8-22/h4-10,15-17,20H,3,11-14,18H2,1-2H3. The van der Waals surface area contributed by atoms with Gasteiger partial charge in [-0.2, -0.15) is 10.2 Å². The molecule has 1 aromatic heterocycles. The molecule has 2 aromatic carbocycles. The van der Waals surface area contributed by atoms with Crippen molar-refractivity contribution < 1.29 is 9.23 Å². The van der Waals surface area contributed by atoms with Gasteiger partial charge in [0.1, 0.15) is 17.3 Å². The van der Waals surface area contributed by atoms with Gasteiger partial charge >= 0.3 is 0 Å². The molecule has 0 spiro atoms. The number of hydrogen-bond donors (Lipinski definition) is 0. The van der Waals surface area contributed by atoms with E-state index in [0.717, 1.165) is 49.7 Å². The first kappa shape index (κ1) is 22.7. The van der Waals surface area contributed by atoms with E-state index in [9.17, 15) is 0 Å². The molecular formula is C28H29FN6O. The molecule has 3 aromatic rings. The van der Waals surface area contributed by atoms with Gasteiger partial charge in [0, 0.05) is 22.6 Å². The van der Waals surface area contributed by atoms with Crippen LogP contribution in [0.5, 0.6) is 5.75 Å². The van der Waals surface area contributed by atoms with E-state index < -0.39 is 0 Å². The smallest absolute Gasteiger partial charge is 0.157 e. The maximum absolute atomic E-state index is 15.5. The van der Waals surface area contributed by atoms with Gasteiger partial charge in [0.2, 0.25) is 0 Å². The summed E-state index contributed by atoms with van der Waals surface area (Å²) in [6.07, 6.45) is 5.88. The highest BCUT2D eigenvalue weighted by atomic mass is 19.1. The summed E-state index contributed by atoms with van der Waals surface area (Å²) in [5.41, 5.74) is 3.75. The van der Waals surface area contributed by atoms with Crippen molar-refractivity contribution in [2.75, 3.05) is 26.2 Å². The number of fused-ring (bicyclic) bond motifs is 2. The van der Waals surface area contributed by atoms with Crippen molar-refractivity contribution in [3.05, 3.63) is 83.6 Å². The van der Waals surface area contributed by atoms with E-state index in [1.807, 2.05) is 66.5 Å². The Morgan fingerprint density at radius 1 is 1.03 bits per heavy atom. The number of hydrazine groups is 1. The predicted octanol–water partition coefficient (Wildman–Crippen LogP) is 5.15. The zero-order valence-corrected chi connectivity index (χ0v) is 20.6. The lowest BCUT2D eigenvalue weighted by molar-refractivity contribution is -0.141. The first-order valence-electron chi connectivity index (χ1n) is 12.6. The molecule has 0 bridgehead atoms. The van der Waals surface area contributed by atoms with Crippen molar-refractivity contribution in [2.24, 2.45) is 4.99 Å². The predicted molar refractivity (Wildman–Crippen MR) is 138 cm³/mol. The fourth-order valence-electron chi connectivity index (χ4n) is 5.11. The Balaban J connectivity index is 1.34. The van der Waals surface area contributed by atoms with Crippen molar-refractivity contribution in [3.63, 3.8) is 0 Å². The van der Waals surface area contributed by atoms with Crippen LogP contribution in [-0.4, -0.2) is 57.2 Å². The molecule has 1 fully saturated rings. The Morgan fingerprint density at radius 2 is 1.83 bits per heavy atom. The van der Waals surface area contributed by atoms with Crippen LogP contribution in [0, 0.1) is 5.82 Å². The monoisotopic (exact) mass is 484 g/mol. The molecule has 0 aliphatic carbocycles. The molecule has 4 heterocycles. The number of likely N-dealkylation sites (tertiary alicyclic amines) is 1. The maximum Gasteiger partial charge on any atom is 0.157 e. The third kappa shape index (κ3) is 4.22. The number of nitrogens with zero attached hydrogens (tertiary/aromatic N) is 6. The molecule has 0 N–H and O–H groups in total. The van der Waals surface area contributed by atoms with Crippen molar-refractivity contribution in [2.45, 2.75) is 32.6 Å². The van der Waals surface area contributed by atoms with Crippen molar-refractivity contribution in [1.29, 1.82) is 0 Å². The van der Waals surface area contributed by atoms with Gasteiger partial charge in [-0.25, -0.2) is 14.4 Å². The summed E-state index contributed by atoms with van der Waals surface area (Å²) in [7, 11) is 0. The Bertz CT molecular complexity index is 1380. The summed E-state index contributed by atoms with van der Waals surface area (Å²) in [4.78, 5) is 13.3. The molecule has 3 aliphatic heterocycles. The molecule has 0 radical (unpaired) electrons. The summed E-state index contributed by atoms with van der Waals surface area (Å²) >= 11 is 0. The number of hydroxylamine groups is 1. The highest BCUT2D eigenvalue weighted by Gasteiger charge is 2.32. The second-order valence-electron chi connectivity index (χ2n) is 9.53. The zero-order valence-electron chi connectivity index (χ0n) is 20.6. The molecule has 0 saturated carbocycles. The number of piperidine rings is 1. The number of aromatic nitrogens is 2. The van der Waals surface area contributed by atoms with E-state index in [0.29, 0.717) is 40.4 Å². The second-order valence-corrected chi connectivity index (χ2v) is 9.53. The van der Waals surface area contributed by atoms with Crippen molar-refractivity contribution >= 4 is 22.3 Å². The van der Waals surface area contributed by atoms with Crippen LogP contribution in [0.15, 0.2) is 71.5 Å². The number of halogens is 1. The van der Waals surface area contributed by atoms with E-state index in [1.165, 1.54) is 0 Å². The molecule has 0 unspecified atom stereocenters. The van der Waals surface area contributed by atoms with Crippen LogP contribution in [-0.2, 0) is 0 Å². The summed E-state index contributed by atoms with van der Waals surface area (Å²) in [6.45, 7) is 7.91. The Kier molecular flexibility index (Phi) is 5.89. The van der Waals surface area contributed by atoms with E-state index in [-0.39, 0.29) is 5.82 Å². The van der Waals surface area contributed by atoms with E-state index in [4.69, 9.17) is 4.84 Å². The van der Waals surface area contributed by atoms with Crippen molar-refractivity contribution in [3.8, 4) is 5.75 Å². The van der Waals surface area contributed by atoms with Crippen LogP contribution in [0.1, 0.15) is 43.9 Å². The van der Waals surface area contributed by atoms with Crippen LogP contribution in [0.3, 0.4) is 0 Å². The average Bonchev–Trinajstić information content (AvgIpc) is 3.30. The molecule has 6 rings (SSSR count). The van der Waals surface area contributed by atoms with E-state index in [1.54, 1.807) is 11.2 Å². The van der Waals surface area contributed by atoms with Crippen LogP contribution < -0.4 is 4.84 Å². The number of hydrogen-bond acceptors (Lipinski definition) is 7. The highest BCUT2D eigenvalue weighted by molar-refractivity contribution is 5.88. The summed E-state index contributed by atoms with van der Waals surface area (Å²) < 4.78 is 15.5. The minimum Gasteiger partial charge on any atom is -0.359 e. The van der Waals surface area contributed by atoms with Crippen LogP contribution in [0.2, 0.25) is 0 Å². The molecular weight excluding hydrogens is 455 g/mol. The number of para-hydroxylation sites is 1. The molecule has 0 amide bonds. The maximum atomic E-state index is 15.5.